The van der Waals surface area contributed by atoms with Crippen molar-refractivity contribution < 1.29 is 4.39 Å². The van der Waals surface area contributed by atoms with Gasteiger partial charge in [0, 0.05) is 45.0 Å². The summed E-state index contributed by atoms with van der Waals surface area (Å²) in [5, 5.41) is 3.42. The quantitative estimate of drug-likeness (QED) is 0.680. The van der Waals surface area contributed by atoms with Gasteiger partial charge in [0.25, 0.3) is 0 Å². The highest BCUT2D eigenvalue weighted by Gasteiger charge is 2.37. The van der Waals surface area contributed by atoms with Crippen LogP contribution in [0, 0.1) is 5.82 Å². The minimum atomic E-state index is -0.459. The van der Waals surface area contributed by atoms with Crippen molar-refractivity contribution in [2.75, 3.05) is 44.2 Å². The minimum Gasteiger partial charge on any atom is -0.330 e. The van der Waals surface area contributed by atoms with E-state index < -0.39 is 12.0 Å². The topological polar surface area (TPSA) is 86.1 Å². The SMILES string of the molecule is NC1SC2=C(N=CN(c3ccc(F)c(Cl)c3)C2N)N1CCN1CCNCC1. The number of benzene rings is 1. The zero-order chi connectivity index (χ0) is 19.0. The number of hydrogen-bond donors (Lipinski definition) is 3. The van der Waals surface area contributed by atoms with Crippen LogP contribution in [-0.2, 0) is 0 Å². The molecule has 0 spiro atoms. The van der Waals surface area contributed by atoms with Gasteiger partial charge < -0.3 is 26.6 Å². The number of anilines is 1. The van der Waals surface area contributed by atoms with Crippen LogP contribution in [-0.4, -0.2) is 67.1 Å². The maximum Gasteiger partial charge on any atom is 0.145 e. The van der Waals surface area contributed by atoms with E-state index in [-0.39, 0.29) is 10.5 Å². The first kappa shape index (κ1) is 19.0. The summed E-state index contributed by atoms with van der Waals surface area (Å²) in [5.74, 6) is 0.374. The monoisotopic (exact) mass is 411 g/mol. The smallest absolute Gasteiger partial charge is 0.145 e. The maximum atomic E-state index is 13.5. The summed E-state index contributed by atoms with van der Waals surface area (Å²) >= 11 is 7.43. The Morgan fingerprint density at radius 1 is 1.26 bits per heavy atom. The first-order chi connectivity index (χ1) is 13.0. The Balaban J connectivity index is 1.48. The largest absolute Gasteiger partial charge is 0.330 e. The van der Waals surface area contributed by atoms with Gasteiger partial charge in [-0.25, -0.2) is 9.38 Å². The Morgan fingerprint density at radius 3 is 2.78 bits per heavy atom. The molecule has 1 aromatic carbocycles. The zero-order valence-electron chi connectivity index (χ0n) is 14.8. The van der Waals surface area contributed by atoms with E-state index in [0.717, 1.165) is 50.0 Å². The molecule has 0 saturated carbocycles. The van der Waals surface area contributed by atoms with Crippen molar-refractivity contribution in [2.45, 2.75) is 11.7 Å². The van der Waals surface area contributed by atoms with Crippen molar-refractivity contribution in [3.05, 3.63) is 39.8 Å². The maximum absolute atomic E-state index is 13.5. The first-order valence-electron chi connectivity index (χ1n) is 8.94. The van der Waals surface area contributed by atoms with Crippen LogP contribution in [0.1, 0.15) is 0 Å². The zero-order valence-corrected chi connectivity index (χ0v) is 16.4. The Morgan fingerprint density at radius 2 is 2.04 bits per heavy atom. The summed E-state index contributed by atoms with van der Waals surface area (Å²) in [6.07, 6.45) is 1.24. The van der Waals surface area contributed by atoms with E-state index in [1.54, 1.807) is 23.4 Å². The number of nitrogens with two attached hydrogens (primary N) is 2. The third-order valence-electron chi connectivity index (χ3n) is 4.99. The van der Waals surface area contributed by atoms with Gasteiger partial charge in [-0.3, -0.25) is 4.90 Å². The number of halogens is 2. The number of aliphatic imine (C=N–C) groups is 1. The van der Waals surface area contributed by atoms with Crippen LogP contribution < -0.4 is 21.7 Å². The molecule has 0 aliphatic carbocycles. The molecule has 27 heavy (non-hydrogen) atoms. The fourth-order valence-corrected chi connectivity index (χ4v) is 4.75. The lowest BCUT2D eigenvalue weighted by molar-refractivity contribution is 0.205. The molecule has 7 nitrogen and oxygen atoms in total. The van der Waals surface area contributed by atoms with Gasteiger partial charge in [0.1, 0.15) is 23.3 Å². The molecule has 1 saturated heterocycles. The molecule has 0 amide bonds. The van der Waals surface area contributed by atoms with Gasteiger partial charge in [0.2, 0.25) is 0 Å². The van der Waals surface area contributed by atoms with E-state index in [1.165, 1.54) is 17.8 Å². The molecular weight excluding hydrogens is 389 g/mol. The van der Waals surface area contributed by atoms with Gasteiger partial charge in [0.15, 0.2) is 0 Å². The number of hydrogen-bond acceptors (Lipinski definition) is 8. The molecule has 0 bridgehead atoms. The van der Waals surface area contributed by atoms with Crippen molar-refractivity contribution in [3.8, 4) is 0 Å². The van der Waals surface area contributed by atoms with Crippen LogP contribution in [0.2, 0.25) is 5.02 Å². The summed E-state index contributed by atoms with van der Waals surface area (Å²) in [7, 11) is 0. The predicted octanol–water partition coefficient (Wildman–Crippen LogP) is 0.978. The molecule has 1 aromatic rings. The van der Waals surface area contributed by atoms with Gasteiger partial charge in [-0.05, 0) is 18.2 Å². The molecule has 2 atom stereocenters. The lowest BCUT2D eigenvalue weighted by Crippen LogP contribution is -2.48. The number of rotatable bonds is 4. The second-order valence-corrected chi connectivity index (χ2v) is 8.24. The fraction of sp³-hybridized carbons (Fsp3) is 0.471. The summed E-state index contributed by atoms with van der Waals surface area (Å²) < 4.78 is 13.5. The molecule has 5 N–H and O–H groups in total. The molecule has 4 rings (SSSR count). The molecule has 1 fully saturated rings. The van der Waals surface area contributed by atoms with Gasteiger partial charge >= 0.3 is 0 Å². The number of piperazine rings is 1. The van der Waals surface area contributed by atoms with Gasteiger partial charge in [0.05, 0.1) is 16.3 Å². The first-order valence-corrected chi connectivity index (χ1v) is 10.2. The Labute approximate surface area is 167 Å². The summed E-state index contributed by atoms with van der Waals surface area (Å²) in [6, 6.07) is 4.52. The molecule has 3 heterocycles. The van der Waals surface area contributed by atoms with Crippen molar-refractivity contribution >= 4 is 35.4 Å². The van der Waals surface area contributed by atoms with Crippen LogP contribution in [0.4, 0.5) is 10.1 Å². The fourth-order valence-electron chi connectivity index (χ4n) is 3.45. The van der Waals surface area contributed by atoms with Crippen LogP contribution in [0.3, 0.4) is 0 Å². The molecule has 10 heteroatoms. The van der Waals surface area contributed by atoms with E-state index in [1.807, 2.05) is 0 Å². The van der Waals surface area contributed by atoms with E-state index in [4.69, 9.17) is 23.1 Å². The molecule has 3 aliphatic heterocycles. The Hall–Kier alpha value is -1.36. The van der Waals surface area contributed by atoms with Crippen LogP contribution in [0.15, 0.2) is 33.9 Å². The highest BCUT2D eigenvalue weighted by molar-refractivity contribution is 8.03. The minimum absolute atomic E-state index is 0.0568. The average Bonchev–Trinajstić information content (AvgIpc) is 3.00. The van der Waals surface area contributed by atoms with E-state index in [9.17, 15) is 4.39 Å². The second kappa shape index (κ2) is 7.94. The number of nitrogens with one attached hydrogen (secondary N) is 1. The molecule has 0 aromatic heterocycles. The molecule has 146 valence electrons. The normalized spacial score (nSPS) is 26.1. The predicted molar refractivity (Wildman–Crippen MR) is 109 cm³/mol. The third-order valence-corrected chi connectivity index (χ3v) is 6.45. The van der Waals surface area contributed by atoms with Gasteiger partial charge in [-0.15, -0.1) is 0 Å². The van der Waals surface area contributed by atoms with Crippen LogP contribution >= 0.6 is 23.4 Å². The summed E-state index contributed by atoms with van der Waals surface area (Å²) in [4.78, 5) is 11.8. The lowest BCUT2D eigenvalue weighted by atomic mass is 10.2. The van der Waals surface area contributed by atoms with Crippen molar-refractivity contribution in [3.63, 3.8) is 0 Å². The Bertz CT molecular complexity index is 768. The van der Waals surface area contributed by atoms with Gasteiger partial charge in [-0.2, -0.15) is 0 Å². The van der Waals surface area contributed by atoms with E-state index in [2.05, 4.69) is 20.1 Å². The summed E-state index contributed by atoms with van der Waals surface area (Å²) in [5.41, 5.74) is 13.3. The van der Waals surface area contributed by atoms with Crippen molar-refractivity contribution in [1.29, 1.82) is 0 Å². The summed E-state index contributed by atoms with van der Waals surface area (Å²) in [6.45, 7) is 5.88. The molecule has 0 radical (unpaired) electrons. The van der Waals surface area contributed by atoms with Crippen LogP contribution in [0.5, 0.6) is 0 Å². The lowest BCUT2D eigenvalue weighted by Gasteiger charge is -2.33. The van der Waals surface area contributed by atoms with Crippen molar-refractivity contribution in [1.82, 2.24) is 15.1 Å². The molecule has 3 aliphatic rings. The van der Waals surface area contributed by atoms with Gasteiger partial charge in [-0.1, -0.05) is 23.4 Å². The average molecular weight is 412 g/mol. The molecule has 2 unspecified atom stereocenters. The molecular formula is C17H23ClFN7S. The standard InChI is InChI=1S/C17H23ClFN7S/c18-12-9-11(1-2-13(12)19)26-10-23-16-14(15(26)20)27-17(21)25(16)8-7-24-5-3-22-4-6-24/h1-2,9-10,15,17,22H,3-8,20-21H2. The third kappa shape index (κ3) is 3.80. The number of thioether (sulfide) groups is 1. The second-order valence-electron chi connectivity index (χ2n) is 6.68. The highest BCUT2D eigenvalue weighted by Crippen LogP contribution is 2.41. The van der Waals surface area contributed by atoms with E-state index >= 15 is 0 Å². The number of nitrogens with zero attached hydrogens (tertiary/aromatic N) is 4. The van der Waals surface area contributed by atoms with Crippen LogP contribution in [0.25, 0.3) is 0 Å². The van der Waals surface area contributed by atoms with Crippen molar-refractivity contribution in [2.24, 2.45) is 16.5 Å². The Kier molecular flexibility index (Phi) is 5.58. The van der Waals surface area contributed by atoms with E-state index in [0.29, 0.717) is 5.69 Å². The highest BCUT2D eigenvalue weighted by atomic mass is 35.5.